The summed E-state index contributed by atoms with van der Waals surface area (Å²) in [5.74, 6) is 0.162. The van der Waals surface area contributed by atoms with Crippen molar-refractivity contribution in [2.45, 2.75) is 31.8 Å². The number of rotatable bonds is 3. The largest absolute Gasteiger partial charge is 0.359 e. The number of hydrogen-bond donors (Lipinski definition) is 1. The molecule has 0 bridgehead atoms. The number of nitrogens with zero attached hydrogens (tertiary/aromatic N) is 1. The highest BCUT2D eigenvalue weighted by Crippen LogP contribution is 2.29. The lowest BCUT2D eigenvalue weighted by Gasteiger charge is -2.27. The zero-order valence-electron chi connectivity index (χ0n) is 12.1. The summed E-state index contributed by atoms with van der Waals surface area (Å²) in [5, 5.41) is 2.88. The SMILES string of the molecule is C[C@H](C(=O)N[C@@H]1CCS(=O)(=O)C1)N1CCc2ccccc21. The second-order valence-corrected chi connectivity index (χ2v) is 8.09. The fourth-order valence-corrected chi connectivity index (χ4v) is 4.81. The fraction of sp³-hybridized carbons (Fsp3) is 0.533. The van der Waals surface area contributed by atoms with Crippen LogP contribution in [0.25, 0.3) is 0 Å². The standard InChI is InChI=1S/C15H20N2O3S/c1-11(15(18)16-13-7-9-21(19,20)10-13)17-8-6-12-4-2-3-5-14(12)17/h2-5,11,13H,6-10H2,1H3,(H,16,18)/t11-,13-/m1/s1. The molecule has 5 nitrogen and oxygen atoms in total. The molecule has 1 aromatic rings. The number of hydrogen-bond acceptors (Lipinski definition) is 4. The molecule has 2 aliphatic rings. The Morgan fingerprint density at radius 2 is 2.14 bits per heavy atom. The molecule has 2 atom stereocenters. The van der Waals surface area contributed by atoms with Gasteiger partial charge >= 0.3 is 0 Å². The van der Waals surface area contributed by atoms with Gasteiger partial charge < -0.3 is 10.2 Å². The molecule has 0 spiro atoms. The van der Waals surface area contributed by atoms with Crippen molar-refractivity contribution < 1.29 is 13.2 Å². The highest BCUT2D eigenvalue weighted by atomic mass is 32.2. The molecule has 2 aliphatic heterocycles. The first-order chi connectivity index (χ1) is 9.96. The van der Waals surface area contributed by atoms with E-state index in [1.807, 2.05) is 25.1 Å². The van der Waals surface area contributed by atoms with Gasteiger partial charge in [-0.05, 0) is 31.4 Å². The van der Waals surface area contributed by atoms with Gasteiger partial charge in [0.25, 0.3) is 0 Å². The highest BCUT2D eigenvalue weighted by Gasteiger charge is 2.32. The second-order valence-electron chi connectivity index (χ2n) is 5.86. The fourth-order valence-electron chi connectivity index (χ4n) is 3.14. The van der Waals surface area contributed by atoms with Gasteiger partial charge in [-0.25, -0.2) is 8.42 Å². The maximum Gasteiger partial charge on any atom is 0.242 e. The van der Waals surface area contributed by atoms with Crippen LogP contribution in [0.4, 0.5) is 5.69 Å². The zero-order valence-corrected chi connectivity index (χ0v) is 12.9. The molecule has 2 heterocycles. The van der Waals surface area contributed by atoms with Crippen molar-refractivity contribution in [2.24, 2.45) is 0 Å². The third-order valence-electron chi connectivity index (χ3n) is 4.35. The summed E-state index contributed by atoms with van der Waals surface area (Å²) in [6.45, 7) is 2.71. The van der Waals surface area contributed by atoms with Crippen LogP contribution in [0, 0.1) is 0 Å². The summed E-state index contributed by atoms with van der Waals surface area (Å²) >= 11 is 0. The van der Waals surface area contributed by atoms with E-state index in [0.29, 0.717) is 6.42 Å². The number of sulfone groups is 1. The van der Waals surface area contributed by atoms with E-state index in [1.54, 1.807) is 0 Å². The predicted molar refractivity (Wildman–Crippen MR) is 82.2 cm³/mol. The van der Waals surface area contributed by atoms with Crippen LogP contribution in [0.1, 0.15) is 18.9 Å². The molecular formula is C15H20N2O3S. The zero-order chi connectivity index (χ0) is 15.0. The van der Waals surface area contributed by atoms with Crippen LogP contribution in [-0.4, -0.2) is 44.5 Å². The number of carbonyl (C=O) groups excluding carboxylic acids is 1. The van der Waals surface area contributed by atoms with Gasteiger partial charge in [-0.1, -0.05) is 18.2 Å². The van der Waals surface area contributed by atoms with Crippen molar-refractivity contribution in [3.05, 3.63) is 29.8 Å². The van der Waals surface area contributed by atoms with E-state index in [9.17, 15) is 13.2 Å². The van der Waals surface area contributed by atoms with Crippen molar-refractivity contribution in [3.8, 4) is 0 Å². The maximum absolute atomic E-state index is 12.4. The van der Waals surface area contributed by atoms with E-state index in [0.717, 1.165) is 18.7 Å². The average Bonchev–Trinajstić information content (AvgIpc) is 3.01. The molecule has 0 radical (unpaired) electrons. The Hall–Kier alpha value is -1.56. The first-order valence-electron chi connectivity index (χ1n) is 7.31. The van der Waals surface area contributed by atoms with Crippen LogP contribution in [-0.2, 0) is 21.1 Å². The number of amides is 1. The normalized spacial score (nSPS) is 24.6. The number of nitrogens with one attached hydrogen (secondary N) is 1. The van der Waals surface area contributed by atoms with Gasteiger partial charge in [0.15, 0.2) is 9.84 Å². The number of anilines is 1. The summed E-state index contributed by atoms with van der Waals surface area (Å²) < 4.78 is 22.9. The minimum Gasteiger partial charge on any atom is -0.359 e. The van der Waals surface area contributed by atoms with E-state index >= 15 is 0 Å². The topological polar surface area (TPSA) is 66.5 Å². The van der Waals surface area contributed by atoms with Crippen LogP contribution < -0.4 is 10.2 Å². The maximum atomic E-state index is 12.4. The molecule has 1 saturated heterocycles. The highest BCUT2D eigenvalue weighted by molar-refractivity contribution is 7.91. The van der Waals surface area contributed by atoms with Crippen LogP contribution in [0.2, 0.25) is 0 Å². The summed E-state index contributed by atoms with van der Waals surface area (Å²) in [4.78, 5) is 14.5. The van der Waals surface area contributed by atoms with Gasteiger partial charge in [0.1, 0.15) is 6.04 Å². The Kier molecular flexibility index (Phi) is 3.65. The third kappa shape index (κ3) is 2.90. The summed E-state index contributed by atoms with van der Waals surface area (Å²) in [5.41, 5.74) is 2.37. The van der Waals surface area contributed by atoms with Gasteiger partial charge in [-0.3, -0.25) is 4.79 Å². The lowest BCUT2D eigenvalue weighted by molar-refractivity contribution is -0.122. The van der Waals surface area contributed by atoms with Gasteiger partial charge in [0.05, 0.1) is 11.5 Å². The van der Waals surface area contributed by atoms with Crippen LogP contribution >= 0.6 is 0 Å². The Morgan fingerprint density at radius 1 is 1.38 bits per heavy atom. The molecule has 21 heavy (non-hydrogen) atoms. The van der Waals surface area contributed by atoms with Crippen molar-refractivity contribution in [3.63, 3.8) is 0 Å². The van der Waals surface area contributed by atoms with Gasteiger partial charge in [0.2, 0.25) is 5.91 Å². The van der Waals surface area contributed by atoms with Crippen molar-refractivity contribution in [1.29, 1.82) is 0 Å². The predicted octanol–water partition coefficient (Wildman–Crippen LogP) is 0.741. The summed E-state index contributed by atoms with van der Waals surface area (Å²) in [7, 11) is -2.96. The average molecular weight is 308 g/mol. The molecule has 0 saturated carbocycles. The molecular weight excluding hydrogens is 288 g/mol. The Balaban J connectivity index is 1.66. The van der Waals surface area contributed by atoms with E-state index < -0.39 is 9.84 Å². The van der Waals surface area contributed by atoms with Crippen LogP contribution in [0.3, 0.4) is 0 Å². The van der Waals surface area contributed by atoms with E-state index in [2.05, 4.69) is 16.3 Å². The van der Waals surface area contributed by atoms with E-state index in [1.165, 1.54) is 5.56 Å². The molecule has 6 heteroatoms. The summed E-state index contributed by atoms with van der Waals surface area (Å²) in [6, 6.07) is 7.59. The Morgan fingerprint density at radius 3 is 2.86 bits per heavy atom. The minimum absolute atomic E-state index is 0.0715. The third-order valence-corrected chi connectivity index (χ3v) is 6.12. The molecule has 3 rings (SSSR count). The second kappa shape index (κ2) is 5.33. The van der Waals surface area contributed by atoms with Crippen LogP contribution in [0.5, 0.6) is 0 Å². The van der Waals surface area contributed by atoms with Crippen molar-refractivity contribution in [1.82, 2.24) is 5.32 Å². The molecule has 0 unspecified atom stereocenters. The number of benzene rings is 1. The molecule has 1 aromatic carbocycles. The smallest absolute Gasteiger partial charge is 0.242 e. The molecule has 0 aromatic heterocycles. The minimum atomic E-state index is -2.96. The molecule has 1 amide bonds. The van der Waals surface area contributed by atoms with Gasteiger partial charge in [-0.15, -0.1) is 0 Å². The van der Waals surface area contributed by atoms with Crippen molar-refractivity contribution >= 4 is 21.4 Å². The molecule has 114 valence electrons. The van der Waals surface area contributed by atoms with Gasteiger partial charge in [0, 0.05) is 18.3 Å². The lowest BCUT2D eigenvalue weighted by Crippen LogP contribution is -2.48. The molecule has 0 aliphatic carbocycles. The van der Waals surface area contributed by atoms with E-state index in [4.69, 9.17) is 0 Å². The first kappa shape index (κ1) is 14.4. The molecule has 1 fully saturated rings. The summed E-state index contributed by atoms with van der Waals surface area (Å²) in [6.07, 6.45) is 1.48. The number of fused-ring (bicyclic) bond motifs is 1. The Bertz CT molecular complexity index is 657. The van der Waals surface area contributed by atoms with Crippen LogP contribution in [0.15, 0.2) is 24.3 Å². The number of carbonyl (C=O) groups is 1. The van der Waals surface area contributed by atoms with Gasteiger partial charge in [-0.2, -0.15) is 0 Å². The lowest BCUT2D eigenvalue weighted by atomic mass is 10.1. The Labute approximate surface area is 125 Å². The van der Waals surface area contributed by atoms with Crippen molar-refractivity contribution in [2.75, 3.05) is 23.0 Å². The first-order valence-corrected chi connectivity index (χ1v) is 9.14. The van der Waals surface area contributed by atoms with E-state index in [-0.39, 0.29) is 29.5 Å². The number of para-hydroxylation sites is 1. The molecule has 1 N–H and O–H groups in total. The quantitative estimate of drug-likeness (QED) is 0.894. The monoisotopic (exact) mass is 308 g/mol.